The quantitative estimate of drug-likeness (QED) is 0.291. The molecule has 2 aliphatic heterocycles. The Balaban J connectivity index is 0.000000214. The van der Waals surface area contributed by atoms with Crippen LogP contribution < -0.4 is 21.7 Å². The SMILES string of the molecule is NC1CCC(=O)NC1=O.O=C(Cl)c1ccc(Br)cc1.O=C1CCC(NC(=O)c2ccc(Br)cc2)C(=O)N1. The molecular weight excluding hydrogens is 636 g/mol. The summed E-state index contributed by atoms with van der Waals surface area (Å²) in [6, 6.07) is 12.6. The third kappa shape index (κ3) is 10.5. The lowest BCUT2D eigenvalue weighted by atomic mass is 10.1. The van der Waals surface area contributed by atoms with Gasteiger partial charge in [-0.05, 0) is 73.0 Å². The molecule has 196 valence electrons. The van der Waals surface area contributed by atoms with E-state index >= 15 is 0 Å². The van der Waals surface area contributed by atoms with Crippen molar-refractivity contribution in [1.29, 1.82) is 0 Å². The second-order valence-corrected chi connectivity index (χ2v) is 10.00. The van der Waals surface area contributed by atoms with Gasteiger partial charge in [0.15, 0.2) is 0 Å². The highest BCUT2D eigenvalue weighted by Crippen LogP contribution is 2.12. The van der Waals surface area contributed by atoms with Gasteiger partial charge < -0.3 is 11.1 Å². The molecule has 2 fully saturated rings. The van der Waals surface area contributed by atoms with Gasteiger partial charge in [0.2, 0.25) is 23.6 Å². The topological polar surface area (TPSA) is 165 Å². The lowest BCUT2D eigenvalue weighted by Crippen LogP contribution is -2.52. The van der Waals surface area contributed by atoms with Gasteiger partial charge in [0.25, 0.3) is 11.1 Å². The number of hydrogen-bond donors (Lipinski definition) is 4. The van der Waals surface area contributed by atoms with Gasteiger partial charge >= 0.3 is 0 Å². The lowest BCUT2D eigenvalue weighted by molar-refractivity contribution is -0.135. The molecule has 4 rings (SSSR count). The maximum absolute atomic E-state index is 11.9. The first-order valence-corrected chi connectivity index (χ1v) is 12.9. The number of halogens is 3. The molecule has 0 aliphatic carbocycles. The van der Waals surface area contributed by atoms with Crippen molar-refractivity contribution in [3.8, 4) is 0 Å². The summed E-state index contributed by atoms with van der Waals surface area (Å²) in [6.07, 6.45) is 1.43. The van der Waals surface area contributed by atoms with Gasteiger partial charge in [-0.25, -0.2) is 0 Å². The van der Waals surface area contributed by atoms with Crippen molar-refractivity contribution in [3.63, 3.8) is 0 Å². The molecule has 0 spiro atoms. The molecule has 10 nitrogen and oxygen atoms in total. The minimum atomic E-state index is -0.640. The van der Waals surface area contributed by atoms with Crippen LogP contribution in [0.5, 0.6) is 0 Å². The first kappa shape index (κ1) is 30.3. The number of amides is 5. The number of nitrogens with one attached hydrogen (secondary N) is 3. The number of carbonyl (C=O) groups excluding carboxylic acids is 6. The third-order valence-electron chi connectivity index (χ3n) is 5.00. The molecule has 0 radical (unpaired) electrons. The van der Waals surface area contributed by atoms with Crippen LogP contribution in [0.1, 0.15) is 46.4 Å². The average Bonchev–Trinajstić information content (AvgIpc) is 2.85. The second kappa shape index (κ2) is 14.7. The van der Waals surface area contributed by atoms with Gasteiger partial charge in [0.05, 0.1) is 6.04 Å². The van der Waals surface area contributed by atoms with E-state index in [0.29, 0.717) is 30.4 Å². The fourth-order valence-corrected chi connectivity index (χ4v) is 3.62. The first-order valence-electron chi connectivity index (χ1n) is 10.9. The van der Waals surface area contributed by atoms with Crippen molar-refractivity contribution in [2.45, 2.75) is 37.8 Å². The highest BCUT2D eigenvalue weighted by molar-refractivity contribution is 9.10. The molecule has 2 saturated heterocycles. The predicted octanol–water partition coefficient (Wildman–Crippen LogP) is 2.56. The molecule has 5 N–H and O–H groups in total. The predicted molar refractivity (Wildman–Crippen MR) is 142 cm³/mol. The van der Waals surface area contributed by atoms with Crippen LogP contribution in [-0.4, -0.2) is 46.9 Å². The molecule has 13 heteroatoms. The molecule has 2 unspecified atom stereocenters. The van der Waals surface area contributed by atoms with Crippen LogP contribution in [0.3, 0.4) is 0 Å². The first-order chi connectivity index (χ1) is 17.5. The third-order valence-corrected chi connectivity index (χ3v) is 6.28. The van der Waals surface area contributed by atoms with Gasteiger partial charge in [-0.3, -0.25) is 39.4 Å². The fraction of sp³-hybridized carbons (Fsp3) is 0.250. The second-order valence-electron chi connectivity index (χ2n) is 7.82. The smallest absolute Gasteiger partial charge is 0.252 e. The van der Waals surface area contributed by atoms with Crippen molar-refractivity contribution in [2.75, 3.05) is 0 Å². The van der Waals surface area contributed by atoms with E-state index in [2.05, 4.69) is 47.8 Å². The fourth-order valence-electron chi connectivity index (χ4n) is 2.97. The van der Waals surface area contributed by atoms with Crippen LogP contribution >= 0.6 is 43.5 Å². The summed E-state index contributed by atoms with van der Waals surface area (Å²) < 4.78 is 1.81. The number of rotatable bonds is 3. The Hall–Kier alpha value is -2.93. The molecule has 37 heavy (non-hydrogen) atoms. The van der Waals surface area contributed by atoms with Crippen LogP contribution in [0, 0.1) is 0 Å². The van der Waals surface area contributed by atoms with Gasteiger partial charge in [-0.2, -0.15) is 0 Å². The summed E-state index contributed by atoms with van der Waals surface area (Å²) in [5.74, 6) is -1.64. The maximum Gasteiger partial charge on any atom is 0.252 e. The number of imide groups is 2. The van der Waals surface area contributed by atoms with E-state index in [-0.39, 0.29) is 30.0 Å². The molecule has 2 atom stereocenters. The molecule has 5 amide bonds. The van der Waals surface area contributed by atoms with E-state index in [1.807, 2.05) is 0 Å². The molecule has 0 bridgehead atoms. The van der Waals surface area contributed by atoms with Crippen LogP contribution in [0.25, 0.3) is 0 Å². The Morgan fingerprint density at radius 2 is 1.24 bits per heavy atom. The highest BCUT2D eigenvalue weighted by atomic mass is 79.9. The van der Waals surface area contributed by atoms with E-state index < -0.39 is 23.2 Å². The van der Waals surface area contributed by atoms with E-state index in [1.165, 1.54) is 0 Å². The van der Waals surface area contributed by atoms with E-state index in [0.717, 1.165) is 8.95 Å². The van der Waals surface area contributed by atoms with E-state index in [1.54, 1.807) is 48.5 Å². The summed E-state index contributed by atoms with van der Waals surface area (Å²) >= 11 is 11.7. The van der Waals surface area contributed by atoms with Gasteiger partial charge in [0, 0.05) is 32.9 Å². The Kier molecular flexibility index (Phi) is 12.1. The summed E-state index contributed by atoms with van der Waals surface area (Å²) in [4.78, 5) is 65.8. The van der Waals surface area contributed by atoms with Crippen molar-refractivity contribution < 1.29 is 28.8 Å². The van der Waals surface area contributed by atoms with Crippen molar-refractivity contribution in [2.24, 2.45) is 5.73 Å². The average molecular weight is 659 g/mol. The van der Waals surface area contributed by atoms with Gasteiger partial charge in [-0.15, -0.1) is 0 Å². The van der Waals surface area contributed by atoms with Gasteiger partial charge in [-0.1, -0.05) is 31.9 Å². The van der Waals surface area contributed by atoms with E-state index in [4.69, 9.17) is 17.3 Å². The maximum atomic E-state index is 11.9. The molecule has 2 aliphatic rings. The molecule has 0 saturated carbocycles. The minimum absolute atomic E-state index is 0.221. The number of benzene rings is 2. The molecule has 0 aromatic heterocycles. The van der Waals surface area contributed by atoms with E-state index in [9.17, 15) is 28.8 Å². The number of nitrogens with two attached hydrogens (primary N) is 1. The standard InChI is InChI=1S/C12H11BrN2O3.C7H4BrClO.C5H8N2O2/c13-8-3-1-7(2-4-8)11(17)14-9-5-6-10(16)15-12(9)18;8-6-3-1-5(2-4-6)7(9)10;6-3-1-2-4(8)7-5(3)9/h1-4,9H,5-6H2,(H,14,17)(H,15,16,18);1-4H;3H,1-2,6H2,(H,7,8,9). The normalized spacial score (nSPS) is 18.7. The van der Waals surface area contributed by atoms with Crippen LogP contribution in [0.4, 0.5) is 0 Å². The summed E-state index contributed by atoms with van der Waals surface area (Å²) in [5.41, 5.74) is 6.27. The Morgan fingerprint density at radius 3 is 1.68 bits per heavy atom. The number of carbonyl (C=O) groups is 6. The van der Waals surface area contributed by atoms with Crippen molar-refractivity contribution >= 4 is 78.2 Å². The molecule has 2 aromatic carbocycles. The highest BCUT2D eigenvalue weighted by Gasteiger charge is 2.28. The Morgan fingerprint density at radius 1 is 0.784 bits per heavy atom. The monoisotopic (exact) mass is 656 g/mol. The zero-order chi connectivity index (χ0) is 27.5. The molecule has 2 heterocycles. The Labute approximate surface area is 234 Å². The van der Waals surface area contributed by atoms with Crippen molar-refractivity contribution in [3.05, 3.63) is 68.6 Å². The zero-order valence-electron chi connectivity index (χ0n) is 19.3. The van der Waals surface area contributed by atoms with Crippen LogP contribution in [-0.2, 0) is 19.2 Å². The van der Waals surface area contributed by atoms with Gasteiger partial charge in [0.1, 0.15) is 6.04 Å². The van der Waals surface area contributed by atoms with Crippen LogP contribution in [0.15, 0.2) is 57.5 Å². The van der Waals surface area contributed by atoms with Crippen LogP contribution in [0.2, 0.25) is 0 Å². The molecular formula is C24H23Br2ClN4O6. The summed E-state index contributed by atoms with van der Waals surface area (Å²) in [6.45, 7) is 0. The molecule has 2 aromatic rings. The minimum Gasteiger partial charge on any atom is -0.340 e. The zero-order valence-corrected chi connectivity index (χ0v) is 23.2. The largest absolute Gasteiger partial charge is 0.340 e. The number of piperidine rings is 2. The Bertz CT molecular complexity index is 1170. The van der Waals surface area contributed by atoms with Crippen molar-refractivity contribution in [1.82, 2.24) is 16.0 Å². The lowest BCUT2D eigenvalue weighted by Gasteiger charge is -2.21. The summed E-state index contributed by atoms with van der Waals surface area (Å²) in [7, 11) is 0. The number of hydrogen-bond acceptors (Lipinski definition) is 7. The summed E-state index contributed by atoms with van der Waals surface area (Å²) in [5, 5.41) is 6.50.